The van der Waals surface area contributed by atoms with Gasteiger partial charge in [0.2, 0.25) is 0 Å². The van der Waals surface area contributed by atoms with Crippen LogP contribution in [0.1, 0.15) is 41.2 Å². The van der Waals surface area contributed by atoms with Gasteiger partial charge in [-0.05, 0) is 50.6 Å². The molecule has 5 rings (SSSR count). The Hall–Kier alpha value is -2.65. The molecule has 0 radical (unpaired) electrons. The fourth-order valence-corrected chi connectivity index (χ4v) is 5.35. The summed E-state index contributed by atoms with van der Waals surface area (Å²) in [5, 5.41) is 12.4. The summed E-state index contributed by atoms with van der Waals surface area (Å²) in [6, 6.07) is 7.73. The van der Waals surface area contributed by atoms with Gasteiger partial charge >= 0.3 is 0 Å². The first-order valence-electron chi connectivity index (χ1n) is 11.9. The number of nitrogens with zero attached hydrogens (tertiary/aromatic N) is 4. The summed E-state index contributed by atoms with van der Waals surface area (Å²) >= 11 is 12.7. The number of nitrogen functional groups attached to an aromatic ring is 1. The molecule has 0 spiro atoms. The van der Waals surface area contributed by atoms with E-state index in [-0.39, 0.29) is 17.8 Å². The predicted octanol–water partition coefficient (Wildman–Crippen LogP) is 3.76. The van der Waals surface area contributed by atoms with Gasteiger partial charge < -0.3 is 16.4 Å². The lowest BCUT2D eigenvalue weighted by molar-refractivity contribution is 0.0938. The zero-order valence-corrected chi connectivity index (χ0v) is 20.9. The standard InChI is InChI=1S/C25H29Cl2N7O/c26-22-2-1-3-23(27)21(22)15-33-9-6-18(14-33)32-25(35)20-10-16(11-30-24(20)28)17-12-31-34(13-17)19-4-7-29-8-5-19/h1-3,10-13,18-19,29H,4-9,14-15H2,(H2,28,30)(H,32,35)/t18-/m1/s1. The van der Waals surface area contributed by atoms with Crippen molar-refractivity contribution >= 4 is 34.9 Å². The fourth-order valence-electron chi connectivity index (χ4n) is 4.84. The van der Waals surface area contributed by atoms with Crippen LogP contribution in [-0.4, -0.2) is 57.8 Å². The molecule has 0 unspecified atom stereocenters. The predicted molar refractivity (Wildman–Crippen MR) is 139 cm³/mol. The van der Waals surface area contributed by atoms with Crippen molar-refractivity contribution in [3.63, 3.8) is 0 Å². The number of amides is 1. The van der Waals surface area contributed by atoms with E-state index in [4.69, 9.17) is 28.9 Å². The minimum atomic E-state index is -0.217. The lowest BCUT2D eigenvalue weighted by atomic mass is 10.1. The summed E-state index contributed by atoms with van der Waals surface area (Å²) in [5.74, 6) is -0.0000725. The number of rotatable bonds is 6. The van der Waals surface area contributed by atoms with Crippen LogP contribution in [0.3, 0.4) is 0 Å². The minimum Gasteiger partial charge on any atom is -0.383 e. The van der Waals surface area contributed by atoms with Crippen LogP contribution in [0, 0.1) is 0 Å². The second-order valence-electron chi connectivity index (χ2n) is 9.24. The third-order valence-corrected chi connectivity index (χ3v) is 7.54. The molecule has 1 atom stereocenters. The molecule has 2 aromatic heterocycles. The number of halogens is 2. The van der Waals surface area contributed by atoms with Crippen LogP contribution in [0.5, 0.6) is 0 Å². The maximum Gasteiger partial charge on any atom is 0.255 e. The van der Waals surface area contributed by atoms with Crippen LogP contribution in [0.15, 0.2) is 42.9 Å². The number of hydrogen-bond acceptors (Lipinski definition) is 6. The Kier molecular flexibility index (Phi) is 7.24. The molecule has 1 amide bonds. The van der Waals surface area contributed by atoms with Gasteiger partial charge in [0.1, 0.15) is 5.82 Å². The van der Waals surface area contributed by atoms with E-state index in [2.05, 4.69) is 25.6 Å². The number of likely N-dealkylation sites (tertiary alicyclic amines) is 1. The van der Waals surface area contributed by atoms with E-state index in [1.165, 1.54) is 0 Å². The Labute approximate surface area is 214 Å². The number of benzene rings is 1. The highest BCUT2D eigenvalue weighted by molar-refractivity contribution is 6.35. The average molecular weight is 514 g/mol. The lowest BCUT2D eigenvalue weighted by Crippen LogP contribution is -2.37. The minimum absolute atomic E-state index is 0.00878. The molecule has 4 heterocycles. The van der Waals surface area contributed by atoms with E-state index in [9.17, 15) is 4.79 Å². The summed E-state index contributed by atoms with van der Waals surface area (Å²) in [6.45, 7) is 4.19. The molecule has 8 nitrogen and oxygen atoms in total. The Morgan fingerprint density at radius 1 is 1.14 bits per heavy atom. The Morgan fingerprint density at radius 3 is 2.69 bits per heavy atom. The van der Waals surface area contributed by atoms with Crippen molar-refractivity contribution in [2.45, 2.75) is 37.9 Å². The molecule has 1 aromatic carbocycles. The number of carbonyl (C=O) groups is 1. The van der Waals surface area contributed by atoms with Crippen molar-refractivity contribution in [2.75, 3.05) is 31.9 Å². The molecule has 10 heteroatoms. The first-order valence-corrected chi connectivity index (χ1v) is 12.7. The summed E-state index contributed by atoms with van der Waals surface area (Å²) in [7, 11) is 0. The summed E-state index contributed by atoms with van der Waals surface area (Å²) in [6.07, 6.45) is 8.49. The number of hydrogen-bond donors (Lipinski definition) is 3. The van der Waals surface area contributed by atoms with Crippen molar-refractivity contribution in [3.05, 3.63) is 64.0 Å². The first kappa shape index (κ1) is 24.1. The number of carbonyl (C=O) groups excluding carboxylic acids is 1. The SMILES string of the molecule is Nc1ncc(-c2cnn(C3CCNCC3)c2)cc1C(=O)N[C@@H]1CCN(Cc2c(Cl)cccc2Cl)C1. The van der Waals surface area contributed by atoms with Crippen LogP contribution < -0.4 is 16.4 Å². The number of nitrogens with one attached hydrogen (secondary N) is 2. The lowest BCUT2D eigenvalue weighted by Gasteiger charge is -2.22. The van der Waals surface area contributed by atoms with E-state index in [0.29, 0.717) is 34.7 Å². The molecule has 0 aliphatic carbocycles. The molecule has 0 bridgehead atoms. The number of pyridine rings is 1. The number of nitrogens with two attached hydrogens (primary N) is 1. The second-order valence-corrected chi connectivity index (χ2v) is 10.1. The molecule has 2 fully saturated rings. The van der Waals surface area contributed by atoms with E-state index in [1.54, 1.807) is 12.3 Å². The Morgan fingerprint density at radius 2 is 1.91 bits per heavy atom. The Balaban J connectivity index is 1.24. The van der Waals surface area contributed by atoms with E-state index < -0.39 is 0 Å². The molecular formula is C25H29Cl2N7O. The van der Waals surface area contributed by atoms with Gasteiger partial charge in [0.25, 0.3) is 5.91 Å². The molecule has 4 N–H and O–H groups in total. The zero-order valence-electron chi connectivity index (χ0n) is 19.4. The van der Waals surface area contributed by atoms with Gasteiger partial charge in [0.05, 0.1) is 17.8 Å². The number of aromatic nitrogens is 3. The van der Waals surface area contributed by atoms with Crippen molar-refractivity contribution in [2.24, 2.45) is 0 Å². The number of anilines is 1. The molecule has 2 aliphatic rings. The van der Waals surface area contributed by atoms with E-state index in [1.807, 2.05) is 35.3 Å². The highest BCUT2D eigenvalue weighted by atomic mass is 35.5. The molecule has 0 saturated carbocycles. The van der Waals surface area contributed by atoms with Crippen LogP contribution in [-0.2, 0) is 6.54 Å². The van der Waals surface area contributed by atoms with Crippen molar-refractivity contribution in [3.8, 4) is 11.1 Å². The monoisotopic (exact) mass is 513 g/mol. The van der Waals surface area contributed by atoms with E-state index in [0.717, 1.165) is 55.6 Å². The third kappa shape index (κ3) is 5.46. The van der Waals surface area contributed by atoms with Crippen LogP contribution in [0.25, 0.3) is 11.1 Å². The quantitative estimate of drug-likeness (QED) is 0.463. The molecule has 2 aliphatic heterocycles. The molecule has 2 saturated heterocycles. The van der Waals surface area contributed by atoms with Gasteiger partial charge in [-0.2, -0.15) is 5.10 Å². The molecule has 184 valence electrons. The average Bonchev–Trinajstić information content (AvgIpc) is 3.52. The topological polar surface area (TPSA) is 101 Å². The van der Waals surface area contributed by atoms with E-state index >= 15 is 0 Å². The smallest absolute Gasteiger partial charge is 0.255 e. The van der Waals surface area contributed by atoms with Gasteiger partial charge in [-0.1, -0.05) is 29.3 Å². The first-order chi connectivity index (χ1) is 17.0. The van der Waals surface area contributed by atoms with Crippen molar-refractivity contribution < 1.29 is 4.79 Å². The Bertz CT molecular complexity index is 1190. The fraction of sp³-hybridized carbons (Fsp3) is 0.400. The maximum absolute atomic E-state index is 13.1. The van der Waals surface area contributed by atoms with Gasteiger partial charge in [-0.3, -0.25) is 14.4 Å². The zero-order chi connectivity index (χ0) is 24.4. The third-order valence-electron chi connectivity index (χ3n) is 6.83. The second kappa shape index (κ2) is 10.5. The molecule has 35 heavy (non-hydrogen) atoms. The van der Waals surface area contributed by atoms with Crippen LogP contribution in [0.2, 0.25) is 10.0 Å². The van der Waals surface area contributed by atoms with Crippen LogP contribution >= 0.6 is 23.2 Å². The van der Waals surface area contributed by atoms with Crippen LogP contribution in [0.4, 0.5) is 5.82 Å². The van der Waals surface area contributed by atoms with Gasteiger partial charge in [-0.25, -0.2) is 4.98 Å². The molecular weight excluding hydrogens is 485 g/mol. The highest BCUT2D eigenvalue weighted by Gasteiger charge is 2.26. The summed E-state index contributed by atoms with van der Waals surface area (Å²) in [4.78, 5) is 19.6. The number of piperidine rings is 1. The largest absolute Gasteiger partial charge is 0.383 e. The van der Waals surface area contributed by atoms with Gasteiger partial charge in [-0.15, -0.1) is 0 Å². The van der Waals surface area contributed by atoms with Gasteiger partial charge in [0, 0.05) is 64.8 Å². The van der Waals surface area contributed by atoms with Gasteiger partial charge in [0.15, 0.2) is 0 Å². The normalized spacial score (nSPS) is 19.2. The summed E-state index contributed by atoms with van der Waals surface area (Å²) < 4.78 is 2.02. The van der Waals surface area contributed by atoms with Crippen molar-refractivity contribution in [1.82, 2.24) is 30.3 Å². The highest BCUT2D eigenvalue weighted by Crippen LogP contribution is 2.28. The summed E-state index contributed by atoms with van der Waals surface area (Å²) in [5.41, 5.74) is 9.13. The maximum atomic E-state index is 13.1. The van der Waals surface area contributed by atoms with Crippen molar-refractivity contribution in [1.29, 1.82) is 0 Å². The molecule has 3 aromatic rings.